The molecule has 0 radical (unpaired) electrons. The summed E-state index contributed by atoms with van der Waals surface area (Å²) in [6.45, 7) is 5.89. The van der Waals surface area contributed by atoms with Crippen molar-refractivity contribution < 1.29 is 33.6 Å². The Morgan fingerprint density at radius 1 is 0.929 bits per heavy atom. The van der Waals surface area contributed by atoms with Crippen LogP contribution in [0.1, 0.15) is 28.3 Å². The van der Waals surface area contributed by atoms with Gasteiger partial charge in [-0.15, -0.1) is 0 Å². The van der Waals surface area contributed by atoms with Crippen LogP contribution in [0.5, 0.6) is 17.2 Å². The van der Waals surface area contributed by atoms with Crippen LogP contribution in [0.4, 0.5) is 0 Å². The summed E-state index contributed by atoms with van der Waals surface area (Å²) >= 11 is 0. The van der Waals surface area contributed by atoms with Gasteiger partial charge in [0.1, 0.15) is 18.1 Å². The van der Waals surface area contributed by atoms with Crippen LogP contribution in [0.2, 0.25) is 0 Å². The van der Waals surface area contributed by atoms with Gasteiger partial charge in [0.15, 0.2) is 11.5 Å². The molecule has 3 aromatic carbocycles. The maximum absolute atomic E-state index is 13.6. The number of aryl methyl sites for hydroxylation is 1. The Hall–Kier alpha value is -4.34. The Kier molecular flexibility index (Phi) is 9.09. The zero-order valence-electron chi connectivity index (χ0n) is 24.2. The van der Waals surface area contributed by atoms with Gasteiger partial charge in [-0.3, -0.25) is 14.5 Å². The highest BCUT2D eigenvalue weighted by Crippen LogP contribution is 2.42. The number of benzene rings is 3. The number of carbonyl (C=O) groups excluding carboxylic acids is 2. The summed E-state index contributed by atoms with van der Waals surface area (Å²) in [5, 5.41) is 11.6. The van der Waals surface area contributed by atoms with E-state index in [1.807, 2.05) is 43.3 Å². The molecule has 0 saturated carbocycles. The standard InChI is InChI=1S/C33H36N2O7/c1-22-19-25(42-21-23-7-5-4-6-8-23)10-11-26(22)31(36)29-30(24-9-12-27(39-2)28(20-24)40-3)35(33(38)32(29)37)14-13-34-15-17-41-18-16-34/h4-12,19-20,30,36H,13-18,21H2,1-3H3/b31-29+/t30-/m0/s1. The van der Waals surface area contributed by atoms with Gasteiger partial charge < -0.3 is 29.0 Å². The third-order valence-corrected chi connectivity index (χ3v) is 7.73. The number of Topliss-reactive ketones (excluding diaryl/α,β-unsaturated/α-hetero) is 1. The molecule has 1 N–H and O–H groups in total. The maximum Gasteiger partial charge on any atom is 0.295 e. The van der Waals surface area contributed by atoms with Crippen LogP contribution in [0.15, 0.2) is 72.3 Å². The zero-order chi connectivity index (χ0) is 29.6. The average Bonchev–Trinajstić information content (AvgIpc) is 3.28. The van der Waals surface area contributed by atoms with Crippen molar-refractivity contribution in [3.05, 3.63) is 94.6 Å². The smallest absolute Gasteiger partial charge is 0.295 e. The average molecular weight is 573 g/mol. The first-order valence-corrected chi connectivity index (χ1v) is 14.0. The fourth-order valence-corrected chi connectivity index (χ4v) is 5.43. The molecule has 1 amide bonds. The SMILES string of the molecule is COc1ccc([C@H]2/C(=C(\O)c3ccc(OCc4ccccc4)cc3C)C(=O)C(=O)N2CCN2CCOCC2)cc1OC. The third kappa shape index (κ3) is 6.12. The Labute approximate surface area is 245 Å². The number of rotatable bonds is 10. The molecule has 0 spiro atoms. The van der Waals surface area contributed by atoms with Crippen LogP contribution in [-0.4, -0.2) is 80.2 Å². The molecule has 9 heteroatoms. The van der Waals surface area contributed by atoms with Crippen molar-refractivity contribution in [3.8, 4) is 17.2 Å². The molecule has 42 heavy (non-hydrogen) atoms. The minimum atomic E-state index is -0.806. The van der Waals surface area contributed by atoms with Crippen LogP contribution >= 0.6 is 0 Å². The summed E-state index contributed by atoms with van der Waals surface area (Å²) in [5.74, 6) is 0.0193. The minimum Gasteiger partial charge on any atom is -0.507 e. The highest BCUT2D eigenvalue weighted by atomic mass is 16.5. The Bertz CT molecular complexity index is 1460. The quantitative estimate of drug-likeness (QED) is 0.218. The largest absolute Gasteiger partial charge is 0.507 e. The molecule has 0 aromatic heterocycles. The second-order valence-corrected chi connectivity index (χ2v) is 10.3. The van der Waals surface area contributed by atoms with Gasteiger partial charge in [-0.1, -0.05) is 36.4 Å². The summed E-state index contributed by atoms with van der Waals surface area (Å²) in [5.41, 5.74) is 2.88. The molecule has 220 valence electrons. The van der Waals surface area contributed by atoms with Crippen LogP contribution in [-0.2, 0) is 20.9 Å². The van der Waals surface area contributed by atoms with E-state index in [-0.39, 0.29) is 11.3 Å². The van der Waals surface area contributed by atoms with Crippen molar-refractivity contribution in [2.45, 2.75) is 19.6 Å². The number of methoxy groups -OCH3 is 2. The van der Waals surface area contributed by atoms with Crippen molar-refractivity contribution >= 4 is 17.4 Å². The van der Waals surface area contributed by atoms with Crippen molar-refractivity contribution in [2.24, 2.45) is 0 Å². The van der Waals surface area contributed by atoms with E-state index < -0.39 is 17.7 Å². The fourth-order valence-electron chi connectivity index (χ4n) is 5.43. The lowest BCUT2D eigenvalue weighted by atomic mass is 9.93. The highest BCUT2D eigenvalue weighted by molar-refractivity contribution is 6.46. The summed E-state index contributed by atoms with van der Waals surface area (Å²) < 4.78 is 22.3. The van der Waals surface area contributed by atoms with E-state index in [0.29, 0.717) is 66.8 Å². The number of ketones is 1. The van der Waals surface area contributed by atoms with Gasteiger partial charge in [0.25, 0.3) is 11.7 Å². The lowest BCUT2D eigenvalue weighted by Crippen LogP contribution is -2.42. The van der Waals surface area contributed by atoms with E-state index in [2.05, 4.69) is 4.90 Å². The molecule has 2 saturated heterocycles. The summed E-state index contributed by atoms with van der Waals surface area (Å²) in [6.07, 6.45) is 0. The predicted molar refractivity (Wildman–Crippen MR) is 158 cm³/mol. The van der Waals surface area contributed by atoms with Crippen molar-refractivity contribution in [1.82, 2.24) is 9.80 Å². The first kappa shape index (κ1) is 29.2. The van der Waals surface area contributed by atoms with Crippen molar-refractivity contribution in [1.29, 1.82) is 0 Å². The fraction of sp³-hybridized carbons (Fsp3) is 0.333. The van der Waals surface area contributed by atoms with E-state index in [9.17, 15) is 14.7 Å². The van der Waals surface area contributed by atoms with Gasteiger partial charge >= 0.3 is 0 Å². The van der Waals surface area contributed by atoms with Crippen LogP contribution in [0, 0.1) is 6.92 Å². The molecule has 0 aliphatic carbocycles. The molecule has 2 aliphatic rings. The first-order valence-electron chi connectivity index (χ1n) is 14.0. The molecule has 1 atom stereocenters. The molecule has 3 aromatic rings. The first-order chi connectivity index (χ1) is 20.4. The van der Waals surface area contributed by atoms with Gasteiger partial charge in [-0.25, -0.2) is 0 Å². The number of aliphatic hydroxyl groups is 1. The second-order valence-electron chi connectivity index (χ2n) is 10.3. The lowest BCUT2D eigenvalue weighted by Gasteiger charge is -2.31. The predicted octanol–water partition coefficient (Wildman–Crippen LogP) is 4.35. The van der Waals surface area contributed by atoms with Crippen molar-refractivity contribution in [3.63, 3.8) is 0 Å². The summed E-state index contributed by atoms with van der Waals surface area (Å²) in [6, 6.07) is 19.6. The normalized spacial score (nSPS) is 18.7. The van der Waals surface area contributed by atoms with Crippen molar-refractivity contribution in [2.75, 3.05) is 53.6 Å². The van der Waals surface area contributed by atoms with Crippen LogP contribution in [0.25, 0.3) is 5.76 Å². The number of aliphatic hydroxyl groups excluding tert-OH is 1. The number of carbonyl (C=O) groups is 2. The van der Waals surface area contributed by atoms with Crippen LogP contribution in [0.3, 0.4) is 0 Å². The molecular weight excluding hydrogens is 536 g/mol. The zero-order valence-corrected chi connectivity index (χ0v) is 24.2. The number of ether oxygens (including phenoxy) is 4. The van der Waals surface area contributed by atoms with Gasteiger partial charge in [0, 0.05) is 31.7 Å². The molecule has 2 aliphatic heterocycles. The number of hydrogen-bond acceptors (Lipinski definition) is 8. The number of morpholine rings is 1. The maximum atomic E-state index is 13.6. The number of amides is 1. The van der Waals surface area contributed by atoms with Gasteiger partial charge in [0.2, 0.25) is 0 Å². The highest BCUT2D eigenvalue weighted by Gasteiger charge is 2.46. The molecular formula is C33H36N2O7. The summed E-state index contributed by atoms with van der Waals surface area (Å²) in [7, 11) is 3.07. The van der Waals surface area contributed by atoms with Gasteiger partial charge in [0.05, 0.1) is 39.0 Å². The monoisotopic (exact) mass is 572 g/mol. The third-order valence-electron chi connectivity index (χ3n) is 7.73. The molecule has 2 heterocycles. The van der Waals surface area contributed by atoms with E-state index in [0.717, 1.165) is 18.7 Å². The Morgan fingerprint density at radius 2 is 1.67 bits per heavy atom. The molecule has 0 bridgehead atoms. The topological polar surface area (TPSA) is 97.8 Å². The Morgan fingerprint density at radius 3 is 2.36 bits per heavy atom. The molecule has 2 fully saturated rings. The van der Waals surface area contributed by atoms with Crippen LogP contribution < -0.4 is 14.2 Å². The molecule has 5 rings (SSSR count). The Balaban J connectivity index is 1.50. The van der Waals surface area contributed by atoms with Gasteiger partial charge in [-0.05, 0) is 53.9 Å². The van der Waals surface area contributed by atoms with E-state index in [1.165, 1.54) is 12.0 Å². The van der Waals surface area contributed by atoms with Gasteiger partial charge in [-0.2, -0.15) is 0 Å². The lowest BCUT2D eigenvalue weighted by molar-refractivity contribution is -0.140. The number of likely N-dealkylation sites (tertiary alicyclic amines) is 1. The van der Waals surface area contributed by atoms with E-state index in [1.54, 1.807) is 37.4 Å². The number of hydrogen-bond donors (Lipinski definition) is 1. The molecule has 9 nitrogen and oxygen atoms in total. The van der Waals surface area contributed by atoms with E-state index >= 15 is 0 Å². The minimum absolute atomic E-state index is 0.0373. The van der Waals surface area contributed by atoms with E-state index in [4.69, 9.17) is 18.9 Å². The molecule has 0 unspecified atom stereocenters. The summed E-state index contributed by atoms with van der Waals surface area (Å²) in [4.78, 5) is 30.8. The second kappa shape index (κ2) is 13.1. The number of nitrogens with zero attached hydrogens (tertiary/aromatic N) is 2.